The molecule has 4 rings (SSSR count). The van der Waals surface area contributed by atoms with Crippen LogP contribution in [0.25, 0.3) is 28.1 Å². The molecule has 6 nitrogen and oxygen atoms in total. The highest BCUT2D eigenvalue weighted by atomic mass is 16.3. The lowest BCUT2D eigenvalue weighted by Crippen LogP contribution is -2.33. The van der Waals surface area contributed by atoms with E-state index in [1.165, 1.54) is 4.68 Å². The highest BCUT2D eigenvalue weighted by Crippen LogP contribution is 2.31. The Morgan fingerprint density at radius 3 is 1.96 bits per heavy atom. The summed E-state index contributed by atoms with van der Waals surface area (Å²) >= 11 is 0. The number of nitrogens with one attached hydrogen (secondary N) is 1. The molecule has 0 aliphatic heterocycles. The van der Waals surface area contributed by atoms with Crippen molar-refractivity contribution in [3.05, 3.63) is 91.5 Å². The molecule has 0 fully saturated rings. The van der Waals surface area contributed by atoms with Crippen LogP contribution in [-0.2, 0) is 0 Å². The van der Waals surface area contributed by atoms with E-state index >= 15 is 0 Å². The third kappa shape index (κ3) is 2.15. The first-order valence-corrected chi connectivity index (χ1v) is 7.58. The zero-order valence-electron chi connectivity index (χ0n) is 12.9. The Balaban J connectivity index is 2.06. The van der Waals surface area contributed by atoms with Crippen molar-refractivity contribution in [1.29, 1.82) is 0 Å². The van der Waals surface area contributed by atoms with E-state index < -0.39 is 22.2 Å². The topological polar surface area (TPSA) is 92.2 Å². The van der Waals surface area contributed by atoms with E-state index in [1.807, 2.05) is 12.1 Å². The summed E-state index contributed by atoms with van der Waals surface area (Å²) in [5.41, 5.74) is -0.959. The molecule has 0 spiro atoms. The van der Waals surface area contributed by atoms with Gasteiger partial charge in [0.05, 0.1) is 22.5 Å². The van der Waals surface area contributed by atoms with Crippen molar-refractivity contribution >= 4 is 0 Å². The second-order valence-corrected chi connectivity index (χ2v) is 5.59. The molecule has 0 radical (unpaired) electrons. The Kier molecular flexibility index (Phi) is 3.25. The van der Waals surface area contributed by atoms with Gasteiger partial charge in [-0.05, 0) is 12.1 Å². The molecule has 0 aliphatic carbocycles. The Hall–Kier alpha value is -3.67. The molecule has 0 amide bonds. The molecule has 25 heavy (non-hydrogen) atoms. The van der Waals surface area contributed by atoms with Crippen molar-refractivity contribution in [1.82, 2.24) is 9.78 Å². The summed E-state index contributed by atoms with van der Waals surface area (Å²) in [5.74, 6) is -0.668. The molecule has 2 N–H and O–H groups in total. The smallest absolute Gasteiger partial charge is 0.280 e. The summed E-state index contributed by atoms with van der Waals surface area (Å²) in [4.78, 5) is 36.2. The Labute approximate surface area is 140 Å². The molecule has 4 aromatic rings. The van der Waals surface area contributed by atoms with E-state index in [1.54, 1.807) is 48.5 Å². The number of nitrogens with zero attached hydrogens (tertiary/aromatic N) is 1. The minimum atomic E-state index is -0.971. The highest BCUT2D eigenvalue weighted by molar-refractivity contribution is 5.85. The summed E-state index contributed by atoms with van der Waals surface area (Å²) in [5, 5.41) is 12.8. The van der Waals surface area contributed by atoms with Crippen LogP contribution in [0.2, 0.25) is 0 Å². The summed E-state index contributed by atoms with van der Waals surface area (Å²) in [6.45, 7) is 0. The minimum absolute atomic E-state index is 0.00264. The average Bonchev–Trinajstić information content (AvgIpc) is 3.00. The molecule has 0 atom stereocenters. The number of aromatic hydroxyl groups is 1. The number of para-hydroxylation sites is 1. The van der Waals surface area contributed by atoms with Gasteiger partial charge in [-0.25, -0.2) is 4.68 Å². The quantitative estimate of drug-likeness (QED) is 0.560. The molecule has 0 saturated heterocycles. The van der Waals surface area contributed by atoms with Crippen molar-refractivity contribution in [3.8, 4) is 33.8 Å². The molecule has 0 unspecified atom stereocenters. The van der Waals surface area contributed by atoms with Gasteiger partial charge >= 0.3 is 0 Å². The molecule has 6 heteroatoms. The number of rotatable bonds is 3. The molecule has 0 aliphatic rings. The van der Waals surface area contributed by atoms with Gasteiger partial charge in [0.1, 0.15) is 0 Å². The first-order chi connectivity index (χ1) is 12.1. The maximum absolute atomic E-state index is 12.9. The van der Waals surface area contributed by atoms with Gasteiger partial charge < -0.3 is 5.11 Å². The van der Waals surface area contributed by atoms with Gasteiger partial charge in [-0.15, -0.1) is 0 Å². The van der Waals surface area contributed by atoms with Crippen molar-refractivity contribution in [2.45, 2.75) is 0 Å². The first-order valence-electron chi connectivity index (χ1n) is 7.58. The van der Waals surface area contributed by atoms with Crippen LogP contribution in [0.3, 0.4) is 0 Å². The van der Waals surface area contributed by atoms with Gasteiger partial charge in [-0.3, -0.25) is 19.5 Å². The summed E-state index contributed by atoms with van der Waals surface area (Å²) in [6, 6.07) is 17.8. The van der Waals surface area contributed by atoms with Crippen LogP contribution < -0.4 is 16.4 Å². The van der Waals surface area contributed by atoms with Crippen LogP contribution in [0.4, 0.5) is 0 Å². The SMILES string of the molecule is O=c1c(O)c(-c2c(-c3ccccc3)[nH]n(-c3ccccc3)c2=O)c1=O. The van der Waals surface area contributed by atoms with Gasteiger partial charge in [0.15, 0.2) is 5.75 Å². The van der Waals surface area contributed by atoms with E-state index in [4.69, 9.17) is 0 Å². The predicted octanol–water partition coefficient (Wildman–Crippen LogP) is 1.80. The van der Waals surface area contributed by atoms with Gasteiger partial charge in [0, 0.05) is 5.56 Å². The standard InChI is InChI=1S/C19H12N2O4/c22-16-14(17(23)18(16)24)13-15(11-7-3-1-4-8-11)20-21(19(13)25)12-9-5-2-6-10-12/h1-10,20,22H. The van der Waals surface area contributed by atoms with Crippen molar-refractivity contribution in [2.24, 2.45) is 0 Å². The normalized spacial score (nSPS) is 11.0. The van der Waals surface area contributed by atoms with Crippen LogP contribution in [0.15, 0.2) is 75.0 Å². The third-order valence-electron chi connectivity index (χ3n) is 4.10. The largest absolute Gasteiger partial charge is 0.503 e. The molecule has 1 heterocycles. The molecule has 0 saturated carbocycles. The Morgan fingerprint density at radius 1 is 0.760 bits per heavy atom. The van der Waals surface area contributed by atoms with E-state index in [9.17, 15) is 19.5 Å². The number of aromatic amines is 1. The van der Waals surface area contributed by atoms with Gasteiger partial charge in [0.25, 0.3) is 11.0 Å². The van der Waals surface area contributed by atoms with E-state index in [-0.39, 0.29) is 11.1 Å². The average molecular weight is 332 g/mol. The maximum atomic E-state index is 12.9. The van der Waals surface area contributed by atoms with Crippen LogP contribution in [0.1, 0.15) is 0 Å². The maximum Gasteiger partial charge on any atom is 0.280 e. The van der Waals surface area contributed by atoms with Crippen LogP contribution in [-0.4, -0.2) is 14.9 Å². The van der Waals surface area contributed by atoms with Crippen molar-refractivity contribution in [3.63, 3.8) is 0 Å². The molecule has 0 bridgehead atoms. The summed E-state index contributed by atoms with van der Waals surface area (Å²) < 4.78 is 1.29. The van der Waals surface area contributed by atoms with Crippen LogP contribution >= 0.6 is 0 Å². The fourth-order valence-electron chi connectivity index (χ4n) is 2.85. The fraction of sp³-hybridized carbons (Fsp3) is 0. The monoisotopic (exact) mass is 332 g/mol. The summed E-state index contributed by atoms with van der Waals surface area (Å²) in [6.07, 6.45) is 0. The number of aromatic nitrogens is 2. The summed E-state index contributed by atoms with van der Waals surface area (Å²) in [7, 11) is 0. The zero-order valence-corrected chi connectivity index (χ0v) is 12.9. The van der Waals surface area contributed by atoms with E-state index in [0.29, 0.717) is 16.9 Å². The fourth-order valence-corrected chi connectivity index (χ4v) is 2.85. The number of H-pyrrole nitrogens is 1. The Morgan fingerprint density at radius 2 is 1.36 bits per heavy atom. The van der Waals surface area contributed by atoms with Gasteiger partial charge in [-0.2, -0.15) is 0 Å². The third-order valence-corrected chi connectivity index (χ3v) is 4.10. The van der Waals surface area contributed by atoms with Gasteiger partial charge in [-0.1, -0.05) is 48.5 Å². The second kappa shape index (κ2) is 5.45. The first kappa shape index (κ1) is 14.9. The number of hydrogen-bond acceptors (Lipinski definition) is 4. The lowest BCUT2D eigenvalue weighted by Gasteiger charge is -2.05. The molecule has 3 aromatic carbocycles. The molecular weight excluding hydrogens is 320 g/mol. The zero-order chi connectivity index (χ0) is 17.6. The molecular formula is C19H12N2O4. The number of benzene rings is 2. The van der Waals surface area contributed by atoms with Crippen LogP contribution in [0.5, 0.6) is 5.75 Å². The van der Waals surface area contributed by atoms with Crippen LogP contribution in [0, 0.1) is 0 Å². The second-order valence-electron chi connectivity index (χ2n) is 5.59. The van der Waals surface area contributed by atoms with Crippen molar-refractivity contribution < 1.29 is 5.11 Å². The molecule has 1 aromatic heterocycles. The predicted molar refractivity (Wildman–Crippen MR) is 93.8 cm³/mol. The molecule has 122 valence electrons. The van der Waals surface area contributed by atoms with E-state index in [2.05, 4.69) is 5.10 Å². The van der Waals surface area contributed by atoms with E-state index in [0.717, 1.165) is 0 Å². The Bertz CT molecular complexity index is 1190. The lowest BCUT2D eigenvalue weighted by molar-refractivity contribution is 0.465. The minimum Gasteiger partial charge on any atom is -0.503 e. The van der Waals surface area contributed by atoms with Gasteiger partial charge in [0.2, 0.25) is 5.43 Å². The van der Waals surface area contributed by atoms with Crippen molar-refractivity contribution in [2.75, 3.05) is 0 Å². The number of hydrogen-bond donors (Lipinski definition) is 2. The highest BCUT2D eigenvalue weighted by Gasteiger charge is 2.29. The lowest BCUT2D eigenvalue weighted by atomic mass is 9.97.